The van der Waals surface area contributed by atoms with Gasteiger partial charge in [0.2, 0.25) is 0 Å². The monoisotopic (exact) mass is 383 g/mol. The Morgan fingerprint density at radius 2 is 1.80 bits per heavy atom. The number of carbonyl (C=O) groups excluding carboxylic acids is 1. The predicted octanol–water partition coefficient (Wildman–Crippen LogP) is 3.91. The number of alkyl halides is 5. The Hall–Kier alpha value is -2.30. The fourth-order valence-electron chi connectivity index (χ4n) is 2.09. The molecule has 2 aromatic rings. The lowest BCUT2D eigenvalue weighted by molar-refractivity contribution is -0.0501. The number of rotatable bonds is 4. The molecule has 0 N–H and O–H groups in total. The average Bonchev–Trinajstić information content (AvgIpc) is 2.44. The van der Waals surface area contributed by atoms with Crippen LogP contribution in [0.5, 0.6) is 5.75 Å². The third-order valence-corrected chi connectivity index (χ3v) is 4.11. The number of aromatic nitrogens is 1. The summed E-state index contributed by atoms with van der Waals surface area (Å²) in [6.45, 7) is 2.72. The zero-order valence-electron chi connectivity index (χ0n) is 12.7. The quantitative estimate of drug-likeness (QED) is 0.346. The van der Waals surface area contributed by atoms with Gasteiger partial charge in [-0.15, -0.1) is 0 Å². The van der Waals surface area contributed by atoms with Crippen molar-refractivity contribution in [3.63, 3.8) is 0 Å². The Kier molecular flexibility index (Phi) is 4.73. The Bertz CT molecular complexity index is 954. The molecule has 0 radical (unpaired) electrons. The van der Waals surface area contributed by atoms with Gasteiger partial charge in [-0.3, -0.25) is 4.79 Å². The second kappa shape index (κ2) is 6.21. The summed E-state index contributed by atoms with van der Waals surface area (Å²) in [5, 5.41) is -0.102. The molecule has 0 fully saturated rings. The number of fused-ring (bicyclic) bond motifs is 1. The molecule has 0 aliphatic heterocycles. The molecule has 1 heterocycles. The highest BCUT2D eigenvalue weighted by Gasteiger charge is 2.49. The zero-order valence-corrected chi connectivity index (χ0v) is 13.5. The number of nitrogens with zero attached hydrogens (tertiary/aromatic N) is 1. The molecule has 1 aromatic carbocycles. The highest BCUT2D eigenvalue weighted by atomic mass is 32.2. The Balaban J connectivity index is 2.79. The zero-order chi connectivity index (χ0) is 19.2. The van der Waals surface area contributed by atoms with E-state index in [0.29, 0.717) is 11.6 Å². The molecular weight excluding hydrogens is 373 g/mol. The van der Waals surface area contributed by atoms with Crippen molar-refractivity contribution in [2.45, 2.75) is 25.8 Å². The topological polar surface area (TPSA) is 73.3 Å². The summed E-state index contributed by atoms with van der Waals surface area (Å²) >= 11 is 0. The van der Waals surface area contributed by atoms with E-state index in [9.17, 15) is 35.2 Å². The second-order valence-electron chi connectivity index (χ2n) is 5.09. The number of hydrogen-bond acceptors (Lipinski definition) is 5. The SMILES string of the molecule is CC(=O)c1cc(C)cc2nc(C(F)F)c(OS(=O)(=O)C(F)(F)F)cc12. The summed E-state index contributed by atoms with van der Waals surface area (Å²) in [5.41, 5.74) is -6.70. The molecule has 2 rings (SSSR count). The number of carbonyl (C=O) groups is 1. The Morgan fingerprint density at radius 3 is 2.28 bits per heavy atom. The number of halogens is 5. The van der Waals surface area contributed by atoms with Crippen LogP contribution in [-0.4, -0.2) is 24.7 Å². The van der Waals surface area contributed by atoms with Crippen LogP contribution < -0.4 is 4.18 Å². The molecule has 1 aromatic heterocycles. The number of aryl methyl sites for hydroxylation is 1. The van der Waals surface area contributed by atoms with E-state index in [0.717, 1.165) is 6.92 Å². The number of pyridine rings is 1. The van der Waals surface area contributed by atoms with Gasteiger partial charge in [-0.1, -0.05) is 0 Å². The van der Waals surface area contributed by atoms with Crippen LogP contribution in [-0.2, 0) is 10.1 Å². The summed E-state index contributed by atoms with van der Waals surface area (Å²) < 4.78 is 89.6. The van der Waals surface area contributed by atoms with Gasteiger partial charge in [-0.05, 0) is 37.6 Å². The highest BCUT2D eigenvalue weighted by Crippen LogP contribution is 2.35. The molecular formula is C14H10F5NO4S. The van der Waals surface area contributed by atoms with Crippen LogP contribution in [0.2, 0.25) is 0 Å². The molecule has 0 atom stereocenters. The maximum absolute atomic E-state index is 13.1. The van der Waals surface area contributed by atoms with E-state index in [1.165, 1.54) is 12.1 Å². The first-order valence-electron chi connectivity index (χ1n) is 6.58. The summed E-state index contributed by atoms with van der Waals surface area (Å²) in [4.78, 5) is 15.2. The van der Waals surface area contributed by atoms with Crippen molar-refractivity contribution in [2.24, 2.45) is 0 Å². The first-order chi connectivity index (χ1) is 11.3. The first kappa shape index (κ1) is 19.0. The molecule has 11 heteroatoms. The average molecular weight is 383 g/mol. The van der Waals surface area contributed by atoms with Gasteiger partial charge >= 0.3 is 15.6 Å². The lowest BCUT2D eigenvalue weighted by Gasteiger charge is -2.14. The van der Waals surface area contributed by atoms with E-state index in [4.69, 9.17) is 0 Å². The number of benzene rings is 1. The van der Waals surface area contributed by atoms with Crippen molar-refractivity contribution in [1.29, 1.82) is 0 Å². The lowest BCUT2D eigenvalue weighted by Crippen LogP contribution is -2.28. The molecule has 0 unspecified atom stereocenters. The first-order valence-corrected chi connectivity index (χ1v) is 7.99. The molecule has 0 amide bonds. The number of Topliss-reactive ketones (excluding diaryl/α,β-unsaturated/α-hetero) is 1. The second-order valence-corrected chi connectivity index (χ2v) is 6.63. The molecule has 0 bridgehead atoms. The normalized spacial score (nSPS) is 12.6. The van der Waals surface area contributed by atoms with Gasteiger partial charge in [-0.2, -0.15) is 21.6 Å². The van der Waals surface area contributed by atoms with Crippen LogP contribution in [0, 0.1) is 6.92 Å². The van der Waals surface area contributed by atoms with Crippen LogP contribution in [0.15, 0.2) is 18.2 Å². The van der Waals surface area contributed by atoms with Crippen LogP contribution in [0.25, 0.3) is 10.9 Å². The van der Waals surface area contributed by atoms with E-state index in [1.807, 2.05) is 0 Å². The third-order valence-electron chi connectivity index (χ3n) is 3.14. The van der Waals surface area contributed by atoms with Crippen molar-refractivity contribution < 1.29 is 39.3 Å². The molecule has 25 heavy (non-hydrogen) atoms. The Labute approximate surface area is 138 Å². The van der Waals surface area contributed by atoms with Gasteiger partial charge in [0.25, 0.3) is 6.43 Å². The highest BCUT2D eigenvalue weighted by molar-refractivity contribution is 7.88. The molecule has 136 valence electrons. The minimum atomic E-state index is -6.17. The lowest BCUT2D eigenvalue weighted by atomic mass is 10.0. The third kappa shape index (κ3) is 3.70. The standard InChI is InChI=1S/C14H10F5NO4S/c1-6-3-8(7(2)21)9-5-11(24-25(22,23)14(17,18)19)12(13(15)16)20-10(9)4-6/h3-5,13H,1-2H3. The number of hydrogen-bond donors (Lipinski definition) is 0. The molecule has 0 aliphatic carbocycles. The van der Waals surface area contributed by atoms with Gasteiger partial charge in [0, 0.05) is 10.9 Å². The fourth-order valence-corrected chi connectivity index (χ4v) is 2.56. The van der Waals surface area contributed by atoms with Gasteiger partial charge < -0.3 is 4.18 Å². The van der Waals surface area contributed by atoms with Crippen LogP contribution in [0.4, 0.5) is 22.0 Å². The summed E-state index contributed by atoms with van der Waals surface area (Å²) in [7, 11) is -6.17. The van der Waals surface area contributed by atoms with Crippen LogP contribution in [0.3, 0.4) is 0 Å². The molecule has 0 aliphatic rings. The minimum Gasteiger partial charge on any atom is -0.374 e. The van der Waals surface area contributed by atoms with Crippen molar-refractivity contribution >= 4 is 26.8 Å². The van der Waals surface area contributed by atoms with E-state index < -0.39 is 39.3 Å². The van der Waals surface area contributed by atoms with Crippen LogP contribution in [0.1, 0.15) is 35.0 Å². The maximum Gasteiger partial charge on any atom is 0.534 e. The van der Waals surface area contributed by atoms with E-state index in [1.54, 1.807) is 6.92 Å². The largest absolute Gasteiger partial charge is 0.534 e. The van der Waals surface area contributed by atoms with Gasteiger partial charge in [0.15, 0.2) is 17.2 Å². The maximum atomic E-state index is 13.1. The smallest absolute Gasteiger partial charge is 0.374 e. The van der Waals surface area contributed by atoms with E-state index in [2.05, 4.69) is 9.17 Å². The fraction of sp³-hybridized carbons (Fsp3) is 0.286. The van der Waals surface area contributed by atoms with Gasteiger partial charge in [0.1, 0.15) is 0 Å². The van der Waals surface area contributed by atoms with Crippen molar-refractivity contribution in [3.8, 4) is 5.75 Å². The van der Waals surface area contributed by atoms with Gasteiger partial charge in [-0.25, -0.2) is 13.8 Å². The van der Waals surface area contributed by atoms with Gasteiger partial charge in [0.05, 0.1) is 5.52 Å². The van der Waals surface area contributed by atoms with E-state index in [-0.39, 0.29) is 16.5 Å². The summed E-state index contributed by atoms with van der Waals surface area (Å²) in [5.74, 6) is -1.80. The summed E-state index contributed by atoms with van der Waals surface area (Å²) in [6, 6.07) is 3.34. The van der Waals surface area contributed by atoms with Crippen molar-refractivity contribution in [2.75, 3.05) is 0 Å². The number of ketones is 1. The van der Waals surface area contributed by atoms with Crippen molar-refractivity contribution in [3.05, 3.63) is 35.0 Å². The molecule has 5 nitrogen and oxygen atoms in total. The minimum absolute atomic E-state index is 0.0161. The van der Waals surface area contributed by atoms with Crippen molar-refractivity contribution in [1.82, 2.24) is 4.98 Å². The molecule has 0 saturated carbocycles. The van der Waals surface area contributed by atoms with E-state index >= 15 is 0 Å². The predicted molar refractivity (Wildman–Crippen MR) is 77.0 cm³/mol. The molecule has 0 saturated heterocycles. The Morgan fingerprint density at radius 1 is 1.20 bits per heavy atom. The molecule has 0 spiro atoms. The van der Waals surface area contributed by atoms with Crippen LogP contribution >= 0.6 is 0 Å². The summed E-state index contributed by atoms with van der Waals surface area (Å²) in [6.07, 6.45) is -3.40.